The predicted octanol–water partition coefficient (Wildman–Crippen LogP) is 2.25. The number of nitrogens with two attached hydrogens (primary N) is 1. The van der Waals surface area contributed by atoms with Crippen LogP contribution in [0.25, 0.3) is 0 Å². The fourth-order valence-electron chi connectivity index (χ4n) is 2.43. The van der Waals surface area contributed by atoms with E-state index in [-0.39, 0.29) is 0 Å². The van der Waals surface area contributed by atoms with E-state index in [1.54, 1.807) is 0 Å². The Morgan fingerprint density at radius 1 is 1.14 bits per heavy atom. The molecule has 14 heavy (non-hydrogen) atoms. The highest BCUT2D eigenvalue weighted by Crippen LogP contribution is 2.16. The summed E-state index contributed by atoms with van der Waals surface area (Å²) in [5.41, 5.74) is 1.46. The number of hydrogen-bond donors (Lipinski definition) is 1. The van der Waals surface area contributed by atoms with Gasteiger partial charge >= 0.3 is 0 Å². The molecule has 1 fully saturated rings. The molecule has 1 aromatic rings. The van der Waals surface area contributed by atoms with Crippen LogP contribution in [0.5, 0.6) is 0 Å². The van der Waals surface area contributed by atoms with E-state index in [1.807, 2.05) is 0 Å². The van der Waals surface area contributed by atoms with Crippen LogP contribution in [0.15, 0.2) is 30.3 Å². The van der Waals surface area contributed by atoms with Gasteiger partial charge in [-0.2, -0.15) is 0 Å². The minimum Gasteiger partial charge on any atom is -0.338 e. The first-order chi connectivity index (χ1) is 6.86. The molecule has 1 nitrogen and oxygen atoms in total. The molecular formula is C13H20N+. The van der Waals surface area contributed by atoms with Crippen LogP contribution in [-0.4, -0.2) is 6.04 Å². The van der Waals surface area contributed by atoms with E-state index in [1.165, 1.54) is 31.2 Å². The van der Waals surface area contributed by atoms with Gasteiger partial charge in [-0.25, -0.2) is 0 Å². The van der Waals surface area contributed by atoms with E-state index in [0.717, 1.165) is 6.04 Å². The SMILES string of the molecule is C[C@@H]([NH2+]C1CCCC1)c1ccccc1. The second-order valence-corrected chi connectivity index (χ2v) is 4.44. The smallest absolute Gasteiger partial charge is 0.109 e. The highest BCUT2D eigenvalue weighted by atomic mass is 14.9. The Morgan fingerprint density at radius 2 is 1.79 bits per heavy atom. The van der Waals surface area contributed by atoms with Crippen LogP contribution in [0.2, 0.25) is 0 Å². The summed E-state index contributed by atoms with van der Waals surface area (Å²) >= 11 is 0. The average molecular weight is 190 g/mol. The molecule has 0 aliphatic heterocycles. The highest BCUT2D eigenvalue weighted by Gasteiger charge is 2.20. The number of rotatable bonds is 3. The van der Waals surface area contributed by atoms with Crippen LogP contribution in [-0.2, 0) is 0 Å². The summed E-state index contributed by atoms with van der Waals surface area (Å²) in [6, 6.07) is 12.3. The van der Waals surface area contributed by atoms with Crippen LogP contribution < -0.4 is 5.32 Å². The molecule has 1 heteroatoms. The maximum absolute atomic E-state index is 2.54. The van der Waals surface area contributed by atoms with E-state index in [0.29, 0.717) is 6.04 Å². The third-order valence-corrected chi connectivity index (χ3v) is 3.29. The van der Waals surface area contributed by atoms with E-state index in [2.05, 4.69) is 42.6 Å². The number of quaternary nitrogens is 1. The molecule has 1 aliphatic rings. The summed E-state index contributed by atoms with van der Waals surface area (Å²) in [4.78, 5) is 0. The van der Waals surface area contributed by atoms with Gasteiger partial charge in [-0.3, -0.25) is 0 Å². The van der Waals surface area contributed by atoms with Crippen molar-refractivity contribution in [2.75, 3.05) is 0 Å². The molecule has 0 spiro atoms. The van der Waals surface area contributed by atoms with E-state index in [9.17, 15) is 0 Å². The second-order valence-electron chi connectivity index (χ2n) is 4.44. The molecule has 2 N–H and O–H groups in total. The summed E-state index contributed by atoms with van der Waals surface area (Å²) in [5.74, 6) is 0. The molecule has 0 unspecified atom stereocenters. The zero-order valence-corrected chi connectivity index (χ0v) is 8.95. The van der Waals surface area contributed by atoms with E-state index in [4.69, 9.17) is 0 Å². The number of hydrogen-bond acceptors (Lipinski definition) is 0. The fraction of sp³-hybridized carbons (Fsp3) is 0.538. The topological polar surface area (TPSA) is 16.6 Å². The normalized spacial score (nSPS) is 19.8. The molecule has 0 heterocycles. The van der Waals surface area contributed by atoms with Crippen molar-refractivity contribution in [2.24, 2.45) is 0 Å². The maximum atomic E-state index is 2.54. The van der Waals surface area contributed by atoms with Crippen molar-refractivity contribution in [3.63, 3.8) is 0 Å². The van der Waals surface area contributed by atoms with Crippen molar-refractivity contribution >= 4 is 0 Å². The Morgan fingerprint density at radius 3 is 2.43 bits per heavy atom. The van der Waals surface area contributed by atoms with Crippen molar-refractivity contribution in [1.82, 2.24) is 0 Å². The van der Waals surface area contributed by atoms with Crippen LogP contribution in [0, 0.1) is 0 Å². The summed E-state index contributed by atoms with van der Waals surface area (Å²) in [6.07, 6.45) is 5.69. The lowest BCUT2D eigenvalue weighted by Gasteiger charge is -2.15. The van der Waals surface area contributed by atoms with Gasteiger partial charge in [0.05, 0.1) is 6.04 Å². The number of benzene rings is 1. The van der Waals surface area contributed by atoms with Crippen molar-refractivity contribution in [3.05, 3.63) is 35.9 Å². The summed E-state index contributed by atoms with van der Waals surface area (Å²) in [5, 5.41) is 2.54. The van der Waals surface area contributed by atoms with Crippen LogP contribution in [0.4, 0.5) is 0 Å². The molecule has 0 aromatic heterocycles. The third-order valence-electron chi connectivity index (χ3n) is 3.29. The van der Waals surface area contributed by atoms with Crippen LogP contribution in [0.1, 0.15) is 44.2 Å². The first kappa shape index (κ1) is 9.72. The Kier molecular flexibility index (Phi) is 3.20. The van der Waals surface area contributed by atoms with Gasteiger partial charge in [0, 0.05) is 5.56 Å². The Balaban J connectivity index is 1.92. The molecule has 0 saturated heterocycles. The van der Waals surface area contributed by atoms with Crippen molar-refractivity contribution < 1.29 is 5.32 Å². The highest BCUT2D eigenvalue weighted by molar-refractivity contribution is 5.16. The molecular weight excluding hydrogens is 170 g/mol. The fourth-order valence-corrected chi connectivity index (χ4v) is 2.43. The lowest BCUT2D eigenvalue weighted by molar-refractivity contribution is -0.723. The molecule has 1 saturated carbocycles. The van der Waals surface area contributed by atoms with Crippen LogP contribution in [0.3, 0.4) is 0 Å². The van der Waals surface area contributed by atoms with Crippen molar-refractivity contribution in [1.29, 1.82) is 0 Å². The largest absolute Gasteiger partial charge is 0.338 e. The average Bonchev–Trinajstić information content (AvgIpc) is 2.72. The zero-order chi connectivity index (χ0) is 9.80. The molecule has 0 radical (unpaired) electrons. The first-order valence-electron chi connectivity index (χ1n) is 5.76. The zero-order valence-electron chi connectivity index (χ0n) is 8.95. The minimum absolute atomic E-state index is 0.624. The molecule has 0 amide bonds. The van der Waals surface area contributed by atoms with E-state index >= 15 is 0 Å². The second kappa shape index (κ2) is 4.61. The van der Waals surface area contributed by atoms with Gasteiger partial charge in [0.25, 0.3) is 0 Å². The maximum Gasteiger partial charge on any atom is 0.109 e. The van der Waals surface area contributed by atoms with Gasteiger partial charge in [0.15, 0.2) is 0 Å². The predicted molar refractivity (Wildman–Crippen MR) is 59.0 cm³/mol. The summed E-state index contributed by atoms with van der Waals surface area (Å²) in [6.45, 7) is 2.31. The Hall–Kier alpha value is -0.820. The lowest BCUT2D eigenvalue weighted by atomic mass is 10.1. The van der Waals surface area contributed by atoms with Gasteiger partial charge in [0.1, 0.15) is 6.04 Å². The van der Waals surface area contributed by atoms with Crippen molar-refractivity contribution in [3.8, 4) is 0 Å². The molecule has 0 bridgehead atoms. The van der Waals surface area contributed by atoms with Gasteiger partial charge in [-0.05, 0) is 32.6 Å². The summed E-state index contributed by atoms with van der Waals surface area (Å²) in [7, 11) is 0. The van der Waals surface area contributed by atoms with Crippen LogP contribution >= 0.6 is 0 Å². The standard InChI is InChI=1S/C13H19N/c1-11(12-7-3-2-4-8-12)14-13-9-5-6-10-13/h2-4,7-8,11,13-14H,5-6,9-10H2,1H3/p+1/t11-/m1/s1. The quantitative estimate of drug-likeness (QED) is 0.753. The third kappa shape index (κ3) is 2.36. The molecule has 1 atom stereocenters. The molecule has 1 aromatic carbocycles. The lowest BCUT2D eigenvalue weighted by Crippen LogP contribution is -2.89. The van der Waals surface area contributed by atoms with Gasteiger partial charge in [-0.15, -0.1) is 0 Å². The van der Waals surface area contributed by atoms with Gasteiger partial charge in [0.2, 0.25) is 0 Å². The van der Waals surface area contributed by atoms with Crippen molar-refractivity contribution in [2.45, 2.75) is 44.7 Å². The summed E-state index contributed by atoms with van der Waals surface area (Å²) < 4.78 is 0. The molecule has 1 aliphatic carbocycles. The molecule has 76 valence electrons. The first-order valence-corrected chi connectivity index (χ1v) is 5.76. The Bertz CT molecular complexity index is 262. The minimum atomic E-state index is 0.624. The Labute approximate surface area is 86.5 Å². The molecule has 2 rings (SSSR count). The van der Waals surface area contributed by atoms with Gasteiger partial charge in [-0.1, -0.05) is 30.3 Å². The van der Waals surface area contributed by atoms with E-state index < -0.39 is 0 Å². The van der Waals surface area contributed by atoms with Gasteiger partial charge < -0.3 is 5.32 Å². The monoisotopic (exact) mass is 190 g/mol.